The first-order chi connectivity index (χ1) is 12.7. The molecule has 2 heterocycles. The van der Waals surface area contributed by atoms with Gasteiger partial charge in [-0.1, -0.05) is 0 Å². The van der Waals surface area contributed by atoms with E-state index in [4.69, 9.17) is 9.73 Å². The molecule has 1 aliphatic heterocycles. The van der Waals surface area contributed by atoms with Crippen molar-refractivity contribution >= 4 is 40.8 Å². The van der Waals surface area contributed by atoms with E-state index in [0.29, 0.717) is 12.6 Å². The Morgan fingerprint density at radius 1 is 1.33 bits per heavy atom. The molecule has 0 amide bonds. The zero-order valence-electron chi connectivity index (χ0n) is 16.1. The Labute approximate surface area is 177 Å². The van der Waals surface area contributed by atoms with Crippen molar-refractivity contribution in [3.8, 4) is 0 Å². The number of nitrogens with one attached hydrogen (secondary N) is 2. The smallest absolute Gasteiger partial charge is 0.193 e. The van der Waals surface area contributed by atoms with Gasteiger partial charge in [-0.2, -0.15) is 0 Å². The molecular formula is C20H30FIN4O. The maximum absolute atomic E-state index is 13.3. The highest BCUT2D eigenvalue weighted by atomic mass is 127. The van der Waals surface area contributed by atoms with Gasteiger partial charge in [-0.3, -0.25) is 4.99 Å². The molecule has 2 N–H and O–H groups in total. The minimum absolute atomic E-state index is 0. The molecule has 27 heavy (non-hydrogen) atoms. The number of piperidine rings is 1. The number of halogens is 2. The third-order valence-corrected chi connectivity index (χ3v) is 4.85. The summed E-state index contributed by atoms with van der Waals surface area (Å²) in [5.74, 6) is 0.766. The molecule has 1 saturated heterocycles. The van der Waals surface area contributed by atoms with Gasteiger partial charge in [-0.15, -0.1) is 24.0 Å². The summed E-state index contributed by atoms with van der Waals surface area (Å²) in [5, 5.41) is 4.47. The van der Waals surface area contributed by atoms with Gasteiger partial charge in [0.1, 0.15) is 5.82 Å². The highest BCUT2D eigenvalue weighted by Gasteiger charge is 2.21. The summed E-state index contributed by atoms with van der Waals surface area (Å²) in [6, 6.07) is 4.88. The Balaban J connectivity index is 0.00000261. The van der Waals surface area contributed by atoms with Crippen molar-refractivity contribution in [3.05, 3.63) is 35.8 Å². The van der Waals surface area contributed by atoms with Gasteiger partial charge in [0.05, 0.1) is 6.10 Å². The number of guanidine groups is 1. The lowest BCUT2D eigenvalue weighted by atomic mass is 10.1. The Morgan fingerprint density at radius 3 is 2.81 bits per heavy atom. The van der Waals surface area contributed by atoms with Crippen molar-refractivity contribution in [2.24, 2.45) is 4.99 Å². The van der Waals surface area contributed by atoms with E-state index in [1.807, 2.05) is 12.3 Å². The van der Waals surface area contributed by atoms with Crippen molar-refractivity contribution in [3.63, 3.8) is 0 Å². The second-order valence-corrected chi connectivity index (χ2v) is 6.63. The fraction of sp³-hybridized carbons (Fsp3) is 0.550. The van der Waals surface area contributed by atoms with E-state index in [0.717, 1.165) is 62.4 Å². The number of aromatic amines is 1. The van der Waals surface area contributed by atoms with E-state index in [1.54, 1.807) is 0 Å². The lowest BCUT2D eigenvalue weighted by Crippen LogP contribution is -2.47. The van der Waals surface area contributed by atoms with Crippen molar-refractivity contribution in [1.82, 2.24) is 15.2 Å². The van der Waals surface area contributed by atoms with Crippen LogP contribution in [0, 0.1) is 5.82 Å². The number of ether oxygens (including phenoxy) is 1. The Bertz CT molecular complexity index is 741. The van der Waals surface area contributed by atoms with Crippen LogP contribution in [0.1, 0.15) is 32.3 Å². The SMILES string of the molecule is CCNC(=NCCc1c[nH]c2cc(F)ccc12)N1CCC(OCC)CC1.I. The molecular weight excluding hydrogens is 458 g/mol. The molecule has 1 fully saturated rings. The van der Waals surface area contributed by atoms with Crippen LogP contribution >= 0.6 is 24.0 Å². The summed E-state index contributed by atoms with van der Waals surface area (Å²) in [5.41, 5.74) is 2.02. The summed E-state index contributed by atoms with van der Waals surface area (Å²) >= 11 is 0. The largest absolute Gasteiger partial charge is 0.378 e. The normalized spacial score (nSPS) is 15.8. The van der Waals surface area contributed by atoms with Crippen LogP contribution in [0.5, 0.6) is 0 Å². The van der Waals surface area contributed by atoms with Gasteiger partial charge < -0.3 is 19.9 Å². The summed E-state index contributed by atoms with van der Waals surface area (Å²) in [6.07, 6.45) is 5.26. The highest BCUT2D eigenvalue weighted by Crippen LogP contribution is 2.20. The molecule has 1 aromatic heterocycles. The number of aromatic nitrogens is 1. The number of hydrogen-bond donors (Lipinski definition) is 2. The average molecular weight is 488 g/mol. The molecule has 0 saturated carbocycles. The number of fused-ring (bicyclic) bond motifs is 1. The quantitative estimate of drug-likeness (QED) is 0.368. The van der Waals surface area contributed by atoms with E-state index in [2.05, 4.69) is 29.0 Å². The number of H-pyrrole nitrogens is 1. The first-order valence-electron chi connectivity index (χ1n) is 9.61. The predicted octanol–water partition coefficient (Wildman–Crippen LogP) is 3.93. The molecule has 0 spiro atoms. The van der Waals surface area contributed by atoms with Crippen LogP contribution in [0.15, 0.2) is 29.4 Å². The van der Waals surface area contributed by atoms with E-state index >= 15 is 0 Å². The van der Waals surface area contributed by atoms with Gasteiger partial charge in [0.25, 0.3) is 0 Å². The Hall–Kier alpha value is -1.35. The third-order valence-electron chi connectivity index (χ3n) is 4.85. The van der Waals surface area contributed by atoms with Crippen molar-refractivity contribution in [2.75, 3.05) is 32.8 Å². The Morgan fingerprint density at radius 2 is 2.11 bits per heavy atom. The number of benzene rings is 1. The van der Waals surface area contributed by atoms with Gasteiger partial charge in [0.2, 0.25) is 0 Å². The van der Waals surface area contributed by atoms with Crippen LogP contribution in [-0.4, -0.2) is 54.7 Å². The minimum Gasteiger partial charge on any atom is -0.378 e. The number of likely N-dealkylation sites (tertiary alicyclic amines) is 1. The van der Waals surface area contributed by atoms with E-state index in [1.165, 1.54) is 17.7 Å². The van der Waals surface area contributed by atoms with Crippen LogP contribution in [0.2, 0.25) is 0 Å². The summed E-state index contributed by atoms with van der Waals surface area (Å²) < 4.78 is 19.0. The number of nitrogens with zero attached hydrogens (tertiary/aromatic N) is 2. The molecule has 0 radical (unpaired) electrons. The molecule has 150 valence electrons. The molecule has 7 heteroatoms. The van der Waals surface area contributed by atoms with E-state index in [-0.39, 0.29) is 29.8 Å². The third kappa shape index (κ3) is 5.81. The molecule has 5 nitrogen and oxygen atoms in total. The Kier molecular flexibility index (Phi) is 8.82. The lowest BCUT2D eigenvalue weighted by molar-refractivity contribution is 0.0264. The van der Waals surface area contributed by atoms with Gasteiger partial charge >= 0.3 is 0 Å². The molecule has 2 aromatic rings. The molecule has 3 rings (SSSR count). The fourth-order valence-corrected chi connectivity index (χ4v) is 3.54. The first-order valence-corrected chi connectivity index (χ1v) is 9.61. The van der Waals surface area contributed by atoms with Gasteiger partial charge in [0, 0.05) is 49.9 Å². The molecule has 0 aliphatic carbocycles. The van der Waals surface area contributed by atoms with Crippen LogP contribution in [0.3, 0.4) is 0 Å². The predicted molar refractivity (Wildman–Crippen MR) is 120 cm³/mol. The van der Waals surface area contributed by atoms with Crippen LogP contribution in [-0.2, 0) is 11.2 Å². The highest BCUT2D eigenvalue weighted by molar-refractivity contribution is 14.0. The van der Waals surface area contributed by atoms with Crippen LogP contribution in [0.25, 0.3) is 10.9 Å². The summed E-state index contributed by atoms with van der Waals surface area (Å²) in [7, 11) is 0. The second-order valence-electron chi connectivity index (χ2n) is 6.63. The van der Waals surface area contributed by atoms with E-state index in [9.17, 15) is 4.39 Å². The first kappa shape index (κ1) is 21.9. The van der Waals surface area contributed by atoms with Crippen molar-refractivity contribution < 1.29 is 9.13 Å². The van der Waals surface area contributed by atoms with Gasteiger partial charge in [0.15, 0.2) is 5.96 Å². The minimum atomic E-state index is -0.214. The zero-order valence-corrected chi connectivity index (χ0v) is 18.5. The standard InChI is InChI=1S/C20H29FN4O.HI/c1-3-22-20(25-11-8-17(9-12-25)26-4-2)23-10-7-15-14-24-19-13-16(21)5-6-18(15)19;/h5-6,13-14,17,24H,3-4,7-12H2,1-2H3,(H,22,23);1H. The van der Waals surface area contributed by atoms with E-state index < -0.39 is 0 Å². The van der Waals surface area contributed by atoms with Crippen LogP contribution < -0.4 is 5.32 Å². The summed E-state index contributed by atoms with van der Waals surface area (Å²) in [6.45, 7) is 8.45. The topological polar surface area (TPSA) is 52.7 Å². The second kappa shape index (κ2) is 10.8. The zero-order chi connectivity index (χ0) is 18.4. The maximum atomic E-state index is 13.3. The fourth-order valence-electron chi connectivity index (χ4n) is 3.54. The number of rotatable bonds is 6. The van der Waals surface area contributed by atoms with Crippen LogP contribution in [0.4, 0.5) is 4.39 Å². The number of aliphatic imine (C=N–C) groups is 1. The monoisotopic (exact) mass is 488 g/mol. The van der Waals surface area contributed by atoms with Gasteiger partial charge in [-0.25, -0.2) is 4.39 Å². The maximum Gasteiger partial charge on any atom is 0.193 e. The molecule has 1 aliphatic rings. The lowest BCUT2D eigenvalue weighted by Gasteiger charge is -2.34. The molecule has 0 atom stereocenters. The average Bonchev–Trinajstić information content (AvgIpc) is 3.04. The molecule has 1 aromatic carbocycles. The molecule has 0 bridgehead atoms. The number of hydrogen-bond acceptors (Lipinski definition) is 2. The summed E-state index contributed by atoms with van der Waals surface area (Å²) in [4.78, 5) is 10.3. The van der Waals surface area contributed by atoms with Crippen molar-refractivity contribution in [1.29, 1.82) is 0 Å². The van der Waals surface area contributed by atoms with Crippen molar-refractivity contribution in [2.45, 2.75) is 39.2 Å². The van der Waals surface area contributed by atoms with Gasteiger partial charge in [-0.05, 0) is 56.9 Å². The molecule has 0 unspecified atom stereocenters.